The summed E-state index contributed by atoms with van der Waals surface area (Å²) in [5.41, 5.74) is 1.44. The Morgan fingerprint density at radius 2 is 2.00 bits per heavy atom. The van der Waals surface area contributed by atoms with Crippen molar-refractivity contribution in [1.82, 2.24) is 0 Å². The Bertz CT molecular complexity index is 352. The van der Waals surface area contributed by atoms with Crippen LogP contribution in [0.1, 0.15) is 18.9 Å². The normalized spacial score (nSPS) is 11.4. The Balaban J connectivity index is 3.01. The summed E-state index contributed by atoms with van der Waals surface area (Å²) in [5.74, 6) is -1.30. The van der Waals surface area contributed by atoms with Crippen molar-refractivity contribution in [1.29, 1.82) is 0 Å². The van der Waals surface area contributed by atoms with E-state index >= 15 is 0 Å². The zero-order chi connectivity index (χ0) is 10.6. The fraction of sp³-hybridized carbons (Fsp3) is 0.182. The average molecular weight is 194 g/mol. The second-order valence-electron chi connectivity index (χ2n) is 2.87. The number of halogens is 1. The van der Waals surface area contributed by atoms with Gasteiger partial charge in [-0.15, -0.1) is 0 Å². The number of carboxylic acids is 1. The first-order valence-corrected chi connectivity index (χ1v) is 4.33. The van der Waals surface area contributed by atoms with Crippen LogP contribution in [0.25, 0.3) is 5.57 Å². The molecule has 1 rings (SSSR count). The van der Waals surface area contributed by atoms with E-state index in [9.17, 15) is 9.18 Å². The van der Waals surface area contributed by atoms with Crippen LogP contribution in [0, 0.1) is 5.82 Å². The molecule has 0 saturated carbocycles. The van der Waals surface area contributed by atoms with Crippen molar-refractivity contribution in [2.45, 2.75) is 13.3 Å². The number of carboxylic acid groups (broad SMARTS) is 1. The number of hydrogen-bond donors (Lipinski definition) is 1. The van der Waals surface area contributed by atoms with E-state index in [2.05, 4.69) is 0 Å². The van der Waals surface area contributed by atoms with Gasteiger partial charge < -0.3 is 5.11 Å². The van der Waals surface area contributed by atoms with Crippen LogP contribution < -0.4 is 0 Å². The molecule has 0 amide bonds. The molecule has 74 valence electrons. The van der Waals surface area contributed by atoms with Gasteiger partial charge in [0.25, 0.3) is 0 Å². The van der Waals surface area contributed by atoms with Gasteiger partial charge in [-0.05, 0) is 29.7 Å². The lowest BCUT2D eigenvalue weighted by atomic mass is 10.0. The van der Waals surface area contributed by atoms with E-state index in [0.29, 0.717) is 12.0 Å². The van der Waals surface area contributed by atoms with Crippen molar-refractivity contribution in [2.75, 3.05) is 0 Å². The van der Waals surface area contributed by atoms with Gasteiger partial charge in [0.1, 0.15) is 5.82 Å². The van der Waals surface area contributed by atoms with Crippen molar-refractivity contribution in [3.05, 3.63) is 41.7 Å². The van der Waals surface area contributed by atoms with Crippen LogP contribution in [0.5, 0.6) is 0 Å². The van der Waals surface area contributed by atoms with Crippen LogP contribution in [0.3, 0.4) is 0 Å². The van der Waals surface area contributed by atoms with Gasteiger partial charge in [-0.2, -0.15) is 0 Å². The molecule has 1 aromatic rings. The van der Waals surface area contributed by atoms with Gasteiger partial charge in [0.05, 0.1) is 0 Å². The molecule has 0 spiro atoms. The minimum atomic E-state index is -0.980. The van der Waals surface area contributed by atoms with E-state index in [-0.39, 0.29) is 5.82 Å². The number of allylic oxidation sites excluding steroid dienone is 1. The Morgan fingerprint density at radius 1 is 1.43 bits per heavy atom. The molecule has 14 heavy (non-hydrogen) atoms. The summed E-state index contributed by atoms with van der Waals surface area (Å²) in [6.07, 6.45) is 1.76. The molecule has 0 atom stereocenters. The lowest BCUT2D eigenvalue weighted by molar-refractivity contribution is -0.131. The predicted molar refractivity (Wildman–Crippen MR) is 52.3 cm³/mol. The molecule has 0 heterocycles. The zero-order valence-corrected chi connectivity index (χ0v) is 7.83. The number of aliphatic carboxylic acids is 1. The summed E-state index contributed by atoms with van der Waals surface area (Å²) in [6.45, 7) is 1.86. The third kappa shape index (κ3) is 2.69. The van der Waals surface area contributed by atoms with Crippen molar-refractivity contribution >= 4 is 11.5 Å². The number of benzene rings is 1. The Morgan fingerprint density at radius 3 is 2.43 bits per heavy atom. The average Bonchev–Trinajstić information content (AvgIpc) is 2.15. The fourth-order valence-electron chi connectivity index (χ4n) is 1.20. The second-order valence-corrected chi connectivity index (χ2v) is 2.87. The lowest BCUT2D eigenvalue weighted by Crippen LogP contribution is -1.92. The van der Waals surface area contributed by atoms with Gasteiger partial charge in [0, 0.05) is 6.08 Å². The lowest BCUT2D eigenvalue weighted by Gasteiger charge is -2.02. The molecule has 2 nitrogen and oxygen atoms in total. The summed E-state index contributed by atoms with van der Waals surface area (Å²) in [6, 6.07) is 5.79. The van der Waals surface area contributed by atoms with Crippen LogP contribution in [0.2, 0.25) is 0 Å². The molecule has 0 fully saturated rings. The monoisotopic (exact) mass is 194 g/mol. The Hall–Kier alpha value is -1.64. The van der Waals surface area contributed by atoms with Crippen molar-refractivity contribution in [3.63, 3.8) is 0 Å². The maximum atomic E-state index is 12.6. The molecule has 0 radical (unpaired) electrons. The van der Waals surface area contributed by atoms with E-state index in [1.54, 1.807) is 12.1 Å². The Labute approximate surface area is 81.7 Å². The van der Waals surface area contributed by atoms with Crippen LogP contribution in [0.4, 0.5) is 4.39 Å². The second kappa shape index (κ2) is 4.56. The molecule has 0 saturated heterocycles. The third-order valence-electron chi connectivity index (χ3n) is 1.89. The predicted octanol–water partition coefficient (Wildman–Crippen LogP) is 2.70. The number of rotatable bonds is 3. The van der Waals surface area contributed by atoms with Crippen molar-refractivity contribution in [3.8, 4) is 0 Å². The van der Waals surface area contributed by atoms with Crippen LogP contribution >= 0.6 is 0 Å². The van der Waals surface area contributed by atoms with Gasteiger partial charge >= 0.3 is 5.97 Å². The zero-order valence-electron chi connectivity index (χ0n) is 7.83. The number of carbonyl (C=O) groups is 1. The standard InChI is InChI=1S/C11H11FO2/c1-2-8(7-11(13)14)9-3-5-10(12)6-4-9/h3-7H,2H2,1H3,(H,13,14)/b8-7+. The minimum absolute atomic E-state index is 0.320. The van der Waals surface area contributed by atoms with Crippen LogP contribution in [-0.2, 0) is 4.79 Å². The van der Waals surface area contributed by atoms with Crippen LogP contribution in [-0.4, -0.2) is 11.1 Å². The van der Waals surface area contributed by atoms with E-state index in [4.69, 9.17) is 5.11 Å². The molecular formula is C11H11FO2. The topological polar surface area (TPSA) is 37.3 Å². The van der Waals surface area contributed by atoms with E-state index < -0.39 is 5.97 Å². The Kier molecular flexibility index (Phi) is 3.40. The van der Waals surface area contributed by atoms with E-state index in [1.165, 1.54) is 12.1 Å². The van der Waals surface area contributed by atoms with Crippen molar-refractivity contribution in [2.24, 2.45) is 0 Å². The highest BCUT2D eigenvalue weighted by atomic mass is 19.1. The van der Waals surface area contributed by atoms with Gasteiger partial charge in [-0.25, -0.2) is 9.18 Å². The van der Waals surface area contributed by atoms with E-state index in [0.717, 1.165) is 11.6 Å². The molecule has 1 aromatic carbocycles. The maximum Gasteiger partial charge on any atom is 0.328 e. The molecular weight excluding hydrogens is 183 g/mol. The van der Waals surface area contributed by atoms with Crippen molar-refractivity contribution < 1.29 is 14.3 Å². The largest absolute Gasteiger partial charge is 0.478 e. The minimum Gasteiger partial charge on any atom is -0.478 e. The van der Waals surface area contributed by atoms with Gasteiger partial charge in [-0.1, -0.05) is 19.1 Å². The molecule has 3 heteroatoms. The van der Waals surface area contributed by atoms with Gasteiger partial charge in [0.15, 0.2) is 0 Å². The maximum absolute atomic E-state index is 12.6. The SMILES string of the molecule is CC/C(=C\C(=O)O)c1ccc(F)cc1. The van der Waals surface area contributed by atoms with Gasteiger partial charge in [-0.3, -0.25) is 0 Å². The van der Waals surface area contributed by atoms with Gasteiger partial charge in [0.2, 0.25) is 0 Å². The summed E-state index contributed by atoms with van der Waals surface area (Å²) < 4.78 is 12.6. The molecule has 1 N–H and O–H groups in total. The smallest absolute Gasteiger partial charge is 0.328 e. The molecule has 0 aliphatic heterocycles. The quantitative estimate of drug-likeness (QED) is 0.751. The fourth-order valence-corrected chi connectivity index (χ4v) is 1.20. The summed E-state index contributed by atoms with van der Waals surface area (Å²) in [4.78, 5) is 10.5. The summed E-state index contributed by atoms with van der Waals surface area (Å²) in [5, 5.41) is 8.58. The summed E-state index contributed by atoms with van der Waals surface area (Å²) in [7, 11) is 0. The van der Waals surface area contributed by atoms with Crippen LogP contribution in [0.15, 0.2) is 30.3 Å². The third-order valence-corrected chi connectivity index (χ3v) is 1.89. The molecule has 0 bridgehead atoms. The van der Waals surface area contributed by atoms with E-state index in [1.807, 2.05) is 6.92 Å². The highest BCUT2D eigenvalue weighted by Gasteiger charge is 2.01. The first-order valence-electron chi connectivity index (χ1n) is 4.33. The first kappa shape index (κ1) is 10.4. The first-order chi connectivity index (χ1) is 6.63. The molecule has 0 aliphatic rings. The molecule has 0 aliphatic carbocycles. The molecule has 0 unspecified atom stereocenters. The number of hydrogen-bond acceptors (Lipinski definition) is 1. The highest BCUT2D eigenvalue weighted by molar-refractivity contribution is 5.89. The summed E-state index contributed by atoms with van der Waals surface area (Å²) >= 11 is 0. The molecule has 0 aromatic heterocycles. The highest BCUT2D eigenvalue weighted by Crippen LogP contribution is 2.17.